The standard InChI is InChI=1S/C62H104O6/c1-4-7-10-13-16-19-22-25-28-30-31-32-35-37-40-43-46-49-52-55-61(64)67-58-59(57-66-60(63)54-51-48-45-42-39-36-33-27-24-21-18-15-12-9-6-3)68-62(65)56-53-50-47-44-41-38-34-29-26-23-20-17-14-11-8-5-2/h9,12,16,18-19,21,25,27-29,33-34,39,42,48,51,59H,4-8,10-11,13-15,17,20,22-24,26,30-32,35-38,40-41,43-47,49-50,52-58H2,1-3H3/b12-9-,19-16-,21-18-,28-25-,33-27-,34-29-,42-39-,51-48-. The van der Waals surface area contributed by atoms with Crippen molar-refractivity contribution < 1.29 is 28.6 Å². The smallest absolute Gasteiger partial charge is 0.309 e. The lowest BCUT2D eigenvalue weighted by Crippen LogP contribution is -2.30. The molecule has 68 heavy (non-hydrogen) atoms. The van der Waals surface area contributed by atoms with Crippen molar-refractivity contribution in [1.82, 2.24) is 0 Å². The van der Waals surface area contributed by atoms with Crippen LogP contribution >= 0.6 is 0 Å². The molecule has 0 saturated heterocycles. The number of hydrogen-bond acceptors (Lipinski definition) is 6. The van der Waals surface area contributed by atoms with Gasteiger partial charge >= 0.3 is 17.9 Å². The molecule has 0 bridgehead atoms. The van der Waals surface area contributed by atoms with E-state index in [-0.39, 0.29) is 31.6 Å². The Labute approximate surface area is 419 Å². The SMILES string of the molecule is CC/C=C\C/C=C\C/C=C\C/C=C\C/C=C\CC(=O)OCC(COC(=O)CCCCCCCCCCC/C=C\C/C=C\CCCCC)OC(=O)CCCCCCC/C=C\CCCCCCCCC. The summed E-state index contributed by atoms with van der Waals surface area (Å²) in [6.07, 6.45) is 74.2. The summed E-state index contributed by atoms with van der Waals surface area (Å²) in [5, 5.41) is 0. The summed E-state index contributed by atoms with van der Waals surface area (Å²) in [4.78, 5) is 38.1. The van der Waals surface area contributed by atoms with E-state index >= 15 is 0 Å². The molecule has 0 aromatic rings. The minimum absolute atomic E-state index is 0.113. The van der Waals surface area contributed by atoms with E-state index in [4.69, 9.17) is 14.2 Å². The number of ether oxygens (including phenoxy) is 3. The minimum Gasteiger partial charge on any atom is -0.462 e. The fourth-order valence-corrected chi connectivity index (χ4v) is 7.60. The second-order valence-electron chi connectivity index (χ2n) is 18.5. The minimum atomic E-state index is -0.824. The first kappa shape index (κ1) is 64.3. The number of carbonyl (C=O) groups excluding carboxylic acids is 3. The third kappa shape index (κ3) is 53.3. The molecule has 0 aliphatic heterocycles. The highest BCUT2D eigenvalue weighted by Crippen LogP contribution is 2.14. The van der Waals surface area contributed by atoms with Gasteiger partial charge in [0.25, 0.3) is 0 Å². The van der Waals surface area contributed by atoms with Crippen LogP contribution in [0.25, 0.3) is 0 Å². The highest BCUT2D eigenvalue weighted by Gasteiger charge is 2.19. The molecule has 0 N–H and O–H groups in total. The number of hydrogen-bond donors (Lipinski definition) is 0. The highest BCUT2D eigenvalue weighted by molar-refractivity contribution is 5.72. The zero-order valence-corrected chi connectivity index (χ0v) is 44.3. The Hall–Kier alpha value is -3.67. The van der Waals surface area contributed by atoms with Crippen LogP contribution in [0.15, 0.2) is 97.2 Å². The van der Waals surface area contributed by atoms with Gasteiger partial charge in [0.15, 0.2) is 6.10 Å². The lowest BCUT2D eigenvalue weighted by atomic mass is 10.1. The van der Waals surface area contributed by atoms with E-state index in [2.05, 4.69) is 106 Å². The molecule has 6 nitrogen and oxygen atoms in total. The number of unbranched alkanes of at least 4 members (excludes halogenated alkanes) is 24. The Morgan fingerprint density at radius 1 is 0.324 bits per heavy atom. The van der Waals surface area contributed by atoms with Gasteiger partial charge in [0.1, 0.15) is 13.2 Å². The van der Waals surface area contributed by atoms with Crippen molar-refractivity contribution in [2.75, 3.05) is 13.2 Å². The molecule has 0 saturated carbocycles. The van der Waals surface area contributed by atoms with Crippen LogP contribution in [0, 0.1) is 0 Å². The van der Waals surface area contributed by atoms with Crippen molar-refractivity contribution in [3.8, 4) is 0 Å². The van der Waals surface area contributed by atoms with Crippen molar-refractivity contribution in [3.63, 3.8) is 0 Å². The lowest BCUT2D eigenvalue weighted by Gasteiger charge is -2.18. The summed E-state index contributed by atoms with van der Waals surface area (Å²) >= 11 is 0. The van der Waals surface area contributed by atoms with E-state index in [1.165, 1.54) is 128 Å². The van der Waals surface area contributed by atoms with Crippen molar-refractivity contribution >= 4 is 17.9 Å². The van der Waals surface area contributed by atoms with Gasteiger partial charge in [-0.2, -0.15) is 0 Å². The maximum absolute atomic E-state index is 12.8. The van der Waals surface area contributed by atoms with Crippen LogP contribution in [-0.2, 0) is 28.6 Å². The number of esters is 3. The monoisotopic (exact) mass is 945 g/mol. The van der Waals surface area contributed by atoms with Gasteiger partial charge in [-0.05, 0) is 103 Å². The molecule has 0 rings (SSSR count). The van der Waals surface area contributed by atoms with Gasteiger partial charge in [-0.1, -0.05) is 234 Å². The fourth-order valence-electron chi connectivity index (χ4n) is 7.60. The molecule has 0 aliphatic rings. The second kappa shape index (κ2) is 55.9. The van der Waals surface area contributed by atoms with Gasteiger partial charge in [-0.25, -0.2) is 0 Å². The maximum atomic E-state index is 12.8. The largest absolute Gasteiger partial charge is 0.462 e. The molecular weight excluding hydrogens is 841 g/mol. The van der Waals surface area contributed by atoms with Crippen LogP contribution in [-0.4, -0.2) is 37.2 Å². The number of rotatable bonds is 50. The normalized spacial score (nSPS) is 12.8. The van der Waals surface area contributed by atoms with Crippen molar-refractivity contribution in [1.29, 1.82) is 0 Å². The van der Waals surface area contributed by atoms with Crippen molar-refractivity contribution in [2.24, 2.45) is 0 Å². The summed E-state index contributed by atoms with van der Waals surface area (Å²) in [6.45, 7) is 6.41. The van der Waals surface area contributed by atoms with Crippen molar-refractivity contribution in [3.05, 3.63) is 97.2 Å². The van der Waals surface area contributed by atoms with Gasteiger partial charge < -0.3 is 14.2 Å². The average Bonchev–Trinajstić information content (AvgIpc) is 3.34. The van der Waals surface area contributed by atoms with Gasteiger partial charge in [0, 0.05) is 12.8 Å². The lowest BCUT2D eigenvalue weighted by molar-refractivity contribution is -0.166. The second-order valence-corrected chi connectivity index (χ2v) is 18.5. The topological polar surface area (TPSA) is 78.9 Å². The predicted molar refractivity (Wildman–Crippen MR) is 293 cm³/mol. The predicted octanol–water partition coefficient (Wildman–Crippen LogP) is 18.9. The summed E-state index contributed by atoms with van der Waals surface area (Å²) in [5.74, 6) is -1.06. The number of allylic oxidation sites excluding steroid dienone is 15. The molecule has 0 aromatic carbocycles. The van der Waals surface area contributed by atoms with Crippen molar-refractivity contribution in [2.45, 2.75) is 264 Å². The Morgan fingerprint density at radius 3 is 1.07 bits per heavy atom. The molecule has 0 aromatic heterocycles. The third-order valence-corrected chi connectivity index (χ3v) is 11.8. The summed E-state index contributed by atoms with van der Waals surface area (Å²) < 4.78 is 16.7. The zero-order valence-electron chi connectivity index (χ0n) is 44.3. The van der Waals surface area contributed by atoms with Gasteiger partial charge in [0.05, 0.1) is 6.42 Å². The number of carbonyl (C=O) groups is 3. The van der Waals surface area contributed by atoms with E-state index in [9.17, 15) is 14.4 Å². The molecule has 0 radical (unpaired) electrons. The first-order valence-corrected chi connectivity index (χ1v) is 28.2. The Morgan fingerprint density at radius 2 is 0.632 bits per heavy atom. The van der Waals surface area contributed by atoms with Crippen LogP contribution in [0.1, 0.15) is 258 Å². The highest BCUT2D eigenvalue weighted by atomic mass is 16.6. The van der Waals surface area contributed by atoms with Crippen LogP contribution in [0.4, 0.5) is 0 Å². The van der Waals surface area contributed by atoms with E-state index in [0.29, 0.717) is 12.8 Å². The van der Waals surface area contributed by atoms with E-state index < -0.39 is 12.1 Å². The first-order chi connectivity index (χ1) is 33.5. The van der Waals surface area contributed by atoms with E-state index in [0.717, 1.165) is 89.9 Å². The Kier molecular flexibility index (Phi) is 52.9. The molecular formula is C62H104O6. The molecule has 1 atom stereocenters. The van der Waals surface area contributed by atoms with Crippen LogP contribution in [0.3, 0.4) is 0 Å². The fraction of sp³-hybridized carbons (Fsp3) is 0.694. The van der Waals surface area contributed by atoms with Crippen LogP contribution < -0.4 is 0 Å². The molecule has 0 amide bonds. The van der Waals surface area contributed by atoms with Crippen LogP contribution in [0.5, 0.6) is 0 Å². The first-order valence-electron chi connectivity index (χ1n) is 28.2. The molecule has 388 valence electrons. The molecule has 0 heterocycles. The summed E-state index contributed by atoms with van der Waals surface area (Å²) in [5.41, 5.74) is 0. The zero-order chi connectivity index (χ0) is 49.3. The molecule has 1 unspecified atom stereocenters. The maximum Gasteiger partial charge on any atom is 0.309 e. The summed E-state index contributed by atoms with van der Waals surface area (Å²) in [6, 6.07) is 0. The molecule has 0 fully saturated rings. The Balaban J connectivity index is 4.49. The van der Waals surface area contributed by atoms with Crippen LogP contribution in [0.2, 0.25) is 0 Å². The third-order valence-electron chi connectivity index (χ3n) is 11.8. The van der Waals surface area contributed by atoms with Gasteiger partial charge in [-0.15, -0.1) is 0 Å². The molecule has 6 heteroatoms. The van der Waals surface area contributed by atoms with E-state index in [1.807, 2.05) is 6.08 Å². The Bertz CT molecular complexity index is 1360. The van der Waals surface area contributed by atoms with Gasteiger partial charge in [-0.3, -0.25) is 14.4 Å². The average molecular weight is 946 g/mol. The quantitative estimate of drug-likeness (QED) is 0.0262. The molecule has 0 spiro atoms. The summed E-state index contributed by atoms with van der Waals surface area (Å²) in [7, 11) is 0. The van der Waals surface area contributed by atoms with E-state index in [1.54, 1.807) is 6.08 Å². The van der Waals surface area contributed by atoms with Gasteiger partial charge in [0.2, 0.25) is 0 Å². The molecule has 0 aliphatic carbocycles.